The number of hydrogen-bond acceptors (Lipinski definition) is 5. The van der Waals surface area contributed by atoms with E-state index in [-0.39, 0.29) is 11.9 Å². The molecule has 0 saturated heterocycles. The molecule has 0 saturated carbocycles. The van der Waals surface area contributed by atoms with E-state index in [0.717, 1.165) is 5.69 Å². The zero-order valence-corrected chi connectivity index (χ0v) is 9.70. The second-order valence-corrected chi connectivity index (χ2v) is 3.28. The fourth-order valence-electron chi connectivity index (χ4n) is 1.13. The van der Waals surface area contributed by atoms with Gasteiger partial charge >= 0.3 is 0 Å². The monoisotopic (exact) mass is 224 g/mol. The predicted octanol–water partition coefficient (Wildman–Crippen LogP) is 0.342. The highest BCUT2D eigenvalue weighted by Gasteiger charge is 2.06. The van der Waals surface area contributed by atoms with Crippen molar-refractivity contribution in [2.24, 2.45) is 0 Å². The normalized spacial score (nSPS) is 9.94. The number of carbonyl (C=O) groups excluding carboxylic acids is 1. The molecule has 0 aliphatic rings. The van der Waals surface area contributed by atoms with Crippen molar-refractivity contribution in [2.45, 2.75) is 13.3 Å². The van der Waals surface area contributed by atoms with Crippen molar-refractivity contribution < 1.29 is 9.53 Å². The summed E-state index contributed by atoms with van der Waals surface area (Å²) in [7, 11) is 3.31. The molecule has 2 N–H and O–H groups in total. The molecular formula is C10H16N4O2. The summed E-state index contributed by atoms with van der Waals surface area (Å²) in [5.41, 5.74) is 0.746. The molecule has 0 radical (unpaired) electrons. The summed E-state index contributed by atoms with van der Waals surface area (Å²) in [6.07, 6.45) is 0.385. The molecule has 0 unspecified atom stereocenters. The standard InChI is InChI=1S/C10H16N4O2/c1-7-6-9(16-3)14-10(12-7)13-8(15)4-5-11-2/h6,11H,4-5H2,1-3H3,(H,12,13,14,15). The number of ether oxygens (including phenoxy) is 1. The first-order chi connectivity index (χ1) is 7.65. The van der Waals surface area contributed by atoms with Crippen molar-refractivity contribution in [3.63, 3.8) is 0 Å². The lowest BCUT2D eigenvalue weighted by atomic mass is 10.4. The van der Waals surface area contributed by atoms with E-state index in [1.165, 1.54) is 7.11 Å². The molecule has 16 heavy (non-hydrogen) atoms. The van der Waals surface area contributed by atoms with E-state index in [4.69, 9.17) is 4.74 Å². The van der Waals surface area contributed by atoms with Gasteiger partial charge in [0.2, 0.25) is 17.7 Å². The van der Waals surface area contributed by atoms with Crippen molar-refractivity contribution in [1.29, 1.82) is 0 Å². The average molecular weight is 224 g/mol. The fourth-order valence-corrected chi connectivity index (χ4v) is 1.13. The molecule has 0 bridgehead atoms. The van der Waals surface area contributed by atoms with Crippen molar-refractivity contribution in [1.82, 2.24) is 15.3 Å². The quantitative estimate of drug-likeness (QED) is 0.754. The molecule has 1 aromatic rings. The number of amides is 1. The highest BCUT2D eigenvalue weighted by atomic mass is 16.5. The Balaban J connectivity index is 2.65. The van der Waals surface area contributed by atoms with Gasteiger partial charge in [-0.3, -0.25) is 10.1 Å². The van der Waals surface area contributed by atoms with Crippen LogP contribution in [0.15, 0.2) is 6.07 Å². The van der Waals surface area contributed by atoms with Gasteiger partial charge in [-0.15, -0.1) is 0 Å². The number of anilines is 1. The number of nitrogens with one attached hydrogen (secondary N) is 2. The lowest BCUT2D eigenvalue weighted by Crippen LogP contribution is -2.20. The van der Waals surface area contributed by atoms with E-state index in [0.29, 0.717) is 18.8 Å². The molecule has 0 atom stereocenters. The highest BCUT2D eigenvalue weighted by Crippen LogP contribution is 2.11. The molecule has 1 aromatic heterocycles. The van der Waals surface area contributed by atoms with Crippen LogP contribution in [-0.4, -0.2) is 36.6 Å². The number of hydrogen-bond donors (Lipinski definition) is 2. The van der Waals surface area contributed by atoms with Crippen molar-refractivity contribution in [3.8, 4) is 5.88 Å². The van der Waals surface area contributed by atoms with Crippen LogP contribution in [0.25, 0.3) is 0 Å². The average Bonchev–Trinajstić information content (AvgIpc) is 2.25. The topological polar surface area (TPSA) is 76.1 Å². The number of aromatic nitrogens is 2. The highest BCUT2D eigenvalue weighted by molar-refractivity contribution is 5.89. The van der Waals surface area contributed by atoms with Crippen molar-refractivity contribution in [2.75, 3.05) is 26.0 Å². The van der Waals surface area contributed by atoms with Gasteiger partial charge in [-0.1, -0.05) is 0 Å². The molecule has 1 rings (SSSR count). The van der Waals surface area contributed by atoms with E-state index < -0.39 is 0 Å². The van der Waals surface area contributed by atoms with Crippen LogP contribution in [0.3, 0.4) is 0 Å². The molecule has 0 aliphatic heterocycles. The first kappa shape index (κ1) is 12.4. The molecule has 1 amide bonds. The van der Waals surface area contributed by atoms with E-state index >= 15 is 0 Å². The largest absolute Gasteiger partial charge is 0.481 e. The smallest absolute Gasteiger partial charge is 0.232 e. The lowest BCUT2D eigenvalue weighted by molar-refractivity contribution is -0.116. The molecule has 0 spiro atoms. The minimum Gasteiger partial charge on any atom is -0.481 e. The summed E-state index contributed by atoms with van der Waals surface area (Å²) in [6, 6.07) is 1.70. The second kappa shape index (κ2) is 6.02. The van der Waals surface area contributed by atoms with Crippen LogP contribution in [0.4, 0.5) is 5.95 Å². The Morgan fingerprint density at radius 2 is 2.25 bits per heavy atom. The molecule has 1 heterocycles. The van der Waals surface area contributed by atoms with Crippen LogP contribution in [0, 0.1) is 6.92 Å². The van der Waals surface area contributed by atoms with Gasteiger partial charge in [-0.25, -0.2) is 4.98 Å². The van der Waals surface area contributed by atoms with Crippen LogP contribution >= 0.6 is 0 Å². The number of aryl methyl sites for hydroxylation is 1. The maximum absolute atomic E-state index is 11.4. The maximum atomic E-state index is 11.4. The Morgan fingerprint density at radius 1 is 1.50 bits per heavy atom. The molecule has 6 nitrogen and oxygen atoms in total. The fraction of sp³-hybridized carbons (Fsp3) is 0.500. The van der Waals surface area contributed by atoms with E-state index in [9.17, 15) is 4.79 Å². The Bertz CT molecular complexity index is 368. The second-order valence-electron chi connectivity index (χ2n) is 3.28. The zero-order chi connectivity index (χ0) is 12.0. The molecule has 6 heteroatoms. The maximum Gasteiger partial charge on any atom is 0.232 e. The number of nitrogens with zero attached hydrogens (tertiary/aromatic N) is 2. The summed E-state index contributed by atoms with van der Waals surface area (Å²) in [5.74, 6) is 0.594. The summed E-state index contributed by atoms with van der Waals surface area (Å²) < 4.78 is 4.98. The van der Waals surface area contributed by atoms with Gasteiger partial charge < -0.3 is 10.1 Å². The van der Waals surface area contributed by atoms with Gasteiger partial charge in [0.1, 0.15) is 0 Å². The summed E-state index contributed by atoms with van der Waals surface area (Å²) in [6.45, 7) is 2.43. The summed E-state index contributed by atoms with van der Waals surface area (Å²) in [4.78, 5) is 19.5. The summed E-state index contributed by atoms with van der Waals surface area (Å²) in [5, 5.41) is 5.50. The number of rotatable bonds is 5. The van der Waals surface area contributed by atoms with Gasteiger partial charge in [-0.05, 0) is 14.0 Å². The SMILES string of the molecule is CNCCC(=O)Nc1nc(C)cc(OC)n1. The third-order valence-corrected chi connectivity index (χ3v) is 1.89. The van der Waals surface area contributed by atoms with Gasteiger partial charge in [0, 0.05) is 24.7 Å². The van der Waals surface area contributed by atoms with Crippen LogP contribution in [0.2, 0.25) is 0 Å². The Morgan fingerprint density at radius 3 is 2.88 bits per heavy atom. The van der Waals surface area contributed by atoms with Gasteiger partial charge in [0.25, 0.3) is 0 Å². The molecule has 0 aromatic carbocycles. The van der Waals surface area contributed by atoms with Gasteiger partial charge in [-0.2, -0.15) is 4.98 Å². The first-order valence-corrected chi connectivity index (χ1v) is 5.00. The van der Waals surface area contributed by atoms with E-state index in [2.05, 4.69) is 20.6 Å². The van der Waals surface area contributed by atoms with Gasteiger partial charge in [0.15, 0.2) is 0 Å². The minimum atomic E-state index is -0.123. The van der Waals surface area contributed by atoms with Crippen LogP contribution in [-0.2, 0) is 4.79 Å². The van der Waals surface area contributed by atoms with Crippen LogP contribution < -0.4 is 15.4 Å². The predicted molar refractivity (Wildman–Crippen MR) is 60.5 cm³/mol. The van der Waals surface area contributed by atoms with Crippen molar-refractivity contribution in [3.05, 3.63) is 11.8 Å². The van der Waals surface area contributed by atoms with Crippen molar-refractivity contribution >= 4 is 11.9 Å². The Hall–Kier alpha value is -1.69. The van der Waals surface area contributed by atoms with Crippen LogP contribution in [0.1, 0.15) is 12.1 Å². The zero-order valence-electron chi connectivity index (χ0n) is 9.70. The van der Waals surface area contributed by atoms with E-state index in [1.807, 2.05) is 6.92 Å². The number of carbonyl (C=O) groups is 1. The first-order valence-electron chi connectivity index (χ1n) is 5.00. The summed E-state index contributed by atoms with van der Waals surface area (Å²) >= 11 is 0. The number of methoxy groups -OCH3 is 1. The molecule has 88 valence electrons. The molecular weight excluding hydrogens is 208 g/mol. The molecule has 0 fully saturated rings. The van der Waals surface area contributed by atoms with E-state index in [1.54, 1.807) is 13.1 Å². The third kappa shape index (κ3) is 3.82. The Kier molecular flexibility index (Phi) is 4.65. The Labute approximate surface area is 94.4 Å². The molecule has 0 aliphatic carbocycles. The minimum absolute atomic E-state index is 0.123. The lowest BCUT2D eigenvalue weighted by Gasteiger charge is -2.06. The van der Waals surface area contributed by atoms with Gasteiger partial charge in [0.05, 0.1) is 7.11 Å². The van der Waals surface area contributed by atoms with Crippen LogP contribution in [0.5, 0.6) is 5.88 Å². The third-order valence-electron chi connectivity index (χ3n) is 1.89.